The Kier molecular flexibility index (Phi) is 4.04. The quantitative estimate of drug-likeness (QED) is 0.735. The second-order valence-corrected chi connectivity index (χ2v) is 9.33. The first-order valence-corrected chi connectivity index (χ1v) is 10.7. The molecule has 0 N–H and O–H groups in total. The molecule has 1 aromatic carbocycles. The minimum atomic E-state index is -3.59. The van der Waals surface area contributed by atoms with Crippen molar-refractivity contribution in [1.82, 2.24) is 9.97 Å². The van der Waals surface area contributed by atoms with E-state index in [1.165, 1.54) is 12.3 Å². The molecule has 1 aliphatic carbocycles. The molecule has 1 fully saturated rings. The van der Waals surface area contributed by atoms with Gasteiger partial charge in [0.2, 0.25) is 15.0 Å². The first kappa shape index (κ1) is 17.4. The molecule has 0 atom stereocenters. The summed E-state index contributed by atoms with van der Waals surface area (Å²) in [5.41, 5.74) is 1.82. The molecule has 6 nitrogen and oxygen atoms in total. The molecule has 2 aromatic rings. The molecule has 1 aromatic heterocycles. The number of amides is 1. The maximum absolute atomic E-state index is 13.2. The SMILES string of the molecule is CS(=O)(=O)c1nccc(C(=O)N2CC3(CCCC3)c3cccc(Cl)c32)n1. The molecular weight excluding hydrogens is 374 g/mol. The van der Waals surface area contributed by atoms with Crippen molar-refractivity contribution in [2.45, 2.75) is 36.3 Å². The number of carbonyl (C=O) groups excluding carboxylic acids is 1. The van der Waals surface area contributed by atoms with Crippen LogP contribution >= 0.6 is 11.6 Å². The van der Waals surface area contributed by atoms with Crippen LogP contribution in [-0.2, 0) is 15.3 Å². The molecule has 2 aliphatic rings. The molecule has 1 saturated carbocycles. The van der Waals surface area contributed by atoms with Crippen molar-refractivity contribution in [3.63, 3.8) is 0 Å². The Morgan fingerprint density at radius 1 is 1.23 bits per heavy atom. The summed E-state index contributed by atoms with van der Waals surface area (Å²) >= 11 is 6.44. The number of hydrogen-bond acceptors (Lipinski definition) is 5. The third-order valence-electron chi connectivity index (χ3n) is 5.28. The fraction of sp³-hybridized carbons (Fsp3) is 0.389. The van der Waals surface area contributed by atoms with Crippen molar-refractivity contribution < 1.29 is 13.2 Å². The Balaban J connectivity index is 1.79. The molecular formula is C18H18ClN3O3S. The molecule has 2 heterocycles. The Hall–Kier alpha value is -1.99. The highest BCUT2D eigenvalue weighted by molar-refractivity contribution is 7.90. The average Bonchev–Trinajstić information content (AvgIpc) is 3.21. The van der Waals surface area contributed by atoms with Gasteiger partial charge in [0, 0.05) is 24.4 Å². The lowest BCUT2D eigenvalue weighted by molar-refractivity contribution is 0.0979. The minimum absolute atomic E-state index is 0.0568. The van der Waals surface area contributed by atoms with E-state index < -0.39 is 9.84 Å². The number of sulfone groups is 1. The molecule has 8 heteroatoms. The average molecular weight is 392 g/mol. The smallest absolute Gasteiger partial charge is 0.277 e. The van der Waals surface area contributed by atoms with Gasteiger partial charge < -0.3 is 4.90 Å². The van der Waals surface area contributed by atoms with E-state index in [1.54, 1.807) is 11.0 Å². The number of para-hydroxylation sites is 1. The Morgan fingerprint density at radius 3 is 2.65 bits per heavy atom. The van der Waals surface area contributed by atoms with Crippen LogP contribution in [0.25, 0.3) is 0 Å². The van der Waals surface area contributed by atoms with Gasteiger partial charge in [-0.3, -0.25) is 4.79 Å². The number of aromatic nitrogens is 2. The van der Waals surface area contributed by atoms with Gasteiger partial charge in [0.25, 0.3) is 5.91 Å². The summed E-state index contributed by atoms with van der Waals surface area (Å²) in [6.45, 7) is 0.545. The lowest BCUT2D eigenvalue weighted by atomic mass is 9.81. The summed E-state index contributed by atoms with van der Waals surface area (Å²) in [4.78, 5) is 22.5. The van der Waals surface area contributed by atoms with Crippen molar-refractivity contribution in [2.24, 2.45) is 0 Å². The van der Waals surface area contributed by atoms with Crippen molar-refractivity contribution in [1.29, 1.82) is 0 Å². The van der Waals surface area contributed by atoms with Crippen LogP contribution < -0.4 is 4.90 Å². The zero-order chi connectivity index (χ0) is 18.5. The summed E-state index contributed by atoms with van der Waals surface area (Å²) in [5.74, 6) is -0.351. The van der Waals surface area contributed by atoms with Gasteiger partial charge >= 0.3 is 0 Å². The first-order valence-electron chi connectivity index (χ1n) is 8.46. The van der Waals surface area contributed by atoms with Gasteiger partial charge in [-0.15, -0.1) is 0 Å². The summed E-state index contributed by atoms with van der Waals surface area (Å²) in [6, 6.07) is 7.17. The molecule has 0 unspecified atom stereocenters. The normalized spacial score (nSPS) is 18.3. The number of carbonyl (C=O) groups is 1. The maximum atomic E-state index is 13.2. The van der Waals surface area contributed by atoms with Gasteiger partial charge in [0.1, 0.15) is 5.69 Å². The number of hydrogen-bond donors (Lipinski definition) is 0. The second-order valence-electron chi connectivity index (χ2n) is 7.01. The van der Waals surface area contributed by atoms with Crippen molar-refractivity contribution >= 4 is 33.0 Å². The molecule has 0 bridgehead atoms. The molecule has 1 aliphatic heterocycles. The van der Waals surface area contributed by atoms with E-state index in [2.05, 4.69) is 9.97 Å². The zero-order valence-electron chi connectivity index (χ0n) is 14.3. The summed E-state index contributed by atoms with van der Waals surface area (Å²) in [7, 11) is -3.59. The van der Waals surface area contributed by atoms with E-state index in [1.807, 2.05) is 12.1 Å². The highest BCUT2D eigenvalue weighted by atomic mass is 35.5. The number of halogens is 1. The molecule has 0 saturated heterocycles. The first-order chi connectivity index (χ1) is 12.3. The van der Waals surface area contributed by atoms with Crippen LogP contribution in [0.3, 0.4) is 0 Å². The van der Waals surface area contributed by atoms with Crippen LogP contribution in [0.15, 0.2) is 35.6 Å². The van der Waals surface area contributed by atoms with Gasteiger partial charge in [-0.1, -0.05) is 36.6 Å². The van der Waals surface area contributed by atoms with E-state index in [-0.39, 0.29) is 22.2 Å². The summed E-state index contributed by atoms with van der Waals surface area (Å²) in [5, 5.41) is 0.175. The Morgan fingerprint density at radius 2 is 1.96 bits per heavy atom. The third kappa shape index (κ3) is 2.70. The van der Waals surface area contributed by atoms with Crippen molar-refractivity contribution in [3.05, 3.63) is 46.7 Å². The summed E-state index contributed by atoms with van der Waals surface area (Å²) in [6.07, 6.45) is 6.60. The number of nitrogens with zero attached hydrogens (tertiary/aromatic N) is 3. The van der Waals surface area contributed by atoms with Gasteiger partial charge in [-0.2, -0.15) is 0 Å². The summed E-state index contributed by atoms with van der Waals surface area (Å²) < 4.78 is 23.4. The molecule has 136 valence electrons. The highest BCUT2D eigenvalue weighted by Crippen LogP contribution is 2.52. The minimum Gasteiger partial charge on any atom is -0.304 e. The van der Waals surface area contributed by atoms with E-state index in [9.17, 15) is 13.2 Å². The zero-order valence-corrected chi connectivity index (χ0v) is 15.8. The lowest BCUT2D eigenvalue weighted by Crippen LogP contribution is -2.36. The molecule has 1 amide bonds. The van der Waals surface area contributed by atoms with E-state index in [4.69, 9.17) is 11.6 Å². The Bertz CT molecular complexity index is 1000. The topological polar surface area (TPSA) is 80.2 Å². The number of anilines is 1. The van der Waals surface area contributed by atoms with Crippen LogP contribution in [-0.4, -0.2) is 37.1 Å². The number of benzene rings is 1. The fourth-order valence-electron chi connectivity index (χ4n) is 4.11. The predicted molar refractivity (Wildman–Crippen MR) is 98.4 cm³/mol. The predicted octanol–water partition coefficient (Wildman–Crippen LogP) is 3.01. The lowest BCUT2D eigenvalue weighted by Gasteiger charge is -2.24. The van der Waals surface area contributed by atoms with E-state index in [0.717, 1.165) is 43.2 Å². The molecule has 1 spiro atoms. The van der Waals surface area contributed by atoms with Crippen LogP contribution in [0.2, 0.25) is 5.02 Å². The fourth-order valence-corrected chi connectivity index (χ4v) is 4.91. The van der Waals surface area contributed by atoms with Gasteiger partial charge in [0.15, 0.2) is 0 Å². The second kappa shape index (κ2) is 6.03. The van der Waals surface area contributed by atoms with Gasteiger partial charge in [0.05, 0.1) is 10.7 Å². The monoisotopic (exact) mass is 391 g/mol. The van der Waals surface area contributed by atoms with Crippen LogP contribution in [0, 0.1) is 0 Å². The highest BCUT2D eigenvalue weighted by Gasteiger charge is 2.47. The molecule has 26 heavy (non-hydrogen) atoms. The molecule has 0 radical (unpaired) electrons. The van der Waals surface area contributed by atoms with Crippen molar-refractivity contribution in [2.75, 3.05) is 17.7 Å². The van der Waals surface area contributed by atoms with Crippen LogP contribution in [0.4, 0.5) is 5.69 Å². The van der Waals surface area contributed by atoms with E-state index >= 15 is 0 Å². The van der Waals surface area contributed by atoms with Crippen LogP contribution in [0.5, 0.6) is 0 Å². The standard InChI is InChI=1S/C18H18ClN3O3S/c1-26(24,25)17-20-10-7-14(21-17)16(23)22-11-18(8-2-3-9-18)12-5-4-6-13(19)15(12)22/h4-7,10H,2-3,8-9,11H2,1H3. The number of rotatable bonds is 2. The van der Waals surface area contributed by atoms with Crippen molar-refractivity contribution in [3.8, 4) is 0 Å². The Labute approximate surface area is 157 Å². The van der Waals surface area contributed by atoms with Gasteiger partial charge in [-0.25, -0.2) is 18.4 Å². The van der Waals surface area contributed by atoms with Crippen LogP contribution in [0.1, 0.15) is 41.7 Å². The molecule has 4 rings (SSSR count). The number of fused-ring (bicyclic) bond motifs is 2. The third-order valence-corrected chi connectivity index (χ3v) is 6.44. The largest absolute Gasteiger partial charge is 0.304 e. The maximum Gasteiger partial charge on any atom is 0.277 e. The van der Waals surface area contributed by atoms with Gasteiger partial charge in [-0.05, 0) is 30.5 Å². The van der Waals surface area contributed by atoms with E-state index in [0.29, 0.717) is 11.6 Å².